The van der Waals surface area contributed by atoms with Gasteiger partial charge in [0.2, 0.25) is 0 Å². The lowest BCUT2D eigenvalue weighted by atomic mass is 10.1. The topological polar surface area (TPSA) is 30.2 Å². The summed E-state index contributed by atoms with van der Waals surface area (Å²) in [6, 6.07) is 22.7. The SMILES string of the molecule is c1ccc(-c2cn3c4ccccc4c4cccnc4c3n2)cc1. The van der Waals surface area contributed by atoms with Crippen LogP contribution in [0.3, 0.4) is 0 Å². The number of pyridine rings is 2. The molecular formula is C20H13N3. The molecule has 5 rings (SSSR count). The maximum Gasteiger partial charge on any atom is 0.164 e. The molecule has 0 amide bonds. The Hall–Kier alpha value is -3.20. The predicted molar refractivity (Wildman–Crippen MR) is 93.4 cm³/mol. The molecule has 0 bridgehead atoms. The minimum Gasteiger partial charge on any atom is -0.297 e. The summed E-state index contributed by atoms with van der Waals surface area (Å²) in [7, 11) is 0. The molecule has 0 radical (unpaired) electrons. The van der Waals surface area contributed by atoms with E-state index in [1.165, 1.54) is 5.39 Å². The van der Waals surface area contributed by atoms with E-state index >= 15 is 0 Å². The van der Waals surface area contributed by atoms with Crippen molar-refractivity contribution in [1.29, 1.82) is 0 Å². The van der Waals surface area contributed by atoms with Crippen LogP contribution in [0, 0.1) is 0 Å². The van der Waals surface area contributed by atoms with E-state index in [2.05, 4.69) is 58.0 Å². The second-order valence-corrected chi connectivity index (χ2v) is 5.60. The maximum atomic E-state index is 4.86. The van der Waals surface area contributed by atoms with Gasteiger partial charge in [-0.05, 0) is 12.1 Å². The zero-order valence-electron chi connectivity index (χ0n) is 12.3. The summed E-state index contributed by atoms with van der Waals surface area (Å²) >= 11 is 0. The molecule has 3 nitrogen and oxygen atoms in total. The molecular weight excluding hydrogens is 282 g/mol. The van der Waals surface area contributed by atoms with Crippen LogP contribution in [0.4, 0.5) is 0 Å². The van der Waals surface area contributed by atoms with Crippen LogP contribution in [0.1, 0.15) is 0 Å². The number of aromatic nitrogens is 3. The molecule has 3 heteroatoms. The first-order valence-corrected chi connectivity index (χ1v) is 7.62. The van der Waals surface area contributed by atoms with Crippen molar-refractivity contribution in [1.82, 2.24) is 14.4 Å². The number of hydrogen-bond acceptors (Lipinski definition) is 2. The third kappa shape index (κ3) is 1.77. The molecule has 5 aromatic rings. The third-order valence-corrected chi connectivity index (χ3v) is 4.25. The van der Waals surface area contributed by atoms with Crippen LogP contribution in [-0.2, 0) is 0 Å². The van der Waals surface area contributed by atoms with Gasteiger partial charge in [-0.2, -0.15) is 0 Å². The van der Waals surface area contributed by atoms with E-state index < -0.39 is 0 Å². The summed E-state index contributed by atoms with van der Waals surface area (Å²) in [6.07, 6.45) is 3.93. The summed E-state index contributed by atoms with van der Waals surface area (Å²) < 4.78 is 2.15. The van der Waals surface area contributed by atoms with Gasteiger partial charge in [0.15, 0.2) is 5.65 Å². The lowest BCUT2D eigenvalue weighted by molar-refractivity contribution is 1.25. The summed E-state index contributed by atoms with van der Waals surface area (Å²) in [5.41, 5.74) is 5.07. The van der Waals surface area contributed by atoms with Gasteiger partial charge in [0.1, 0.15) is 5.52 Å². The number of benzene rings is 2. The highest BCUT2D eigenvalue weighted by Gasteiger charge is 2.12. The molecule has 0 aliphatic rings. The Labute approximate surface area is 132 Å². The zero-order chi connectivity index (χ0) is 15.2. The van der Waals surface area contributed by atoms with Crippen LogP contribution < -0.4 is 0 Å². The average Bonchev–Trinajstić information content (AvgIpc) is 3.09. The number of para-hydroxylation sites is 1. The van der Waals surface area contributed by atoms with Gasteiger partial charge >= 0.3 is 0 Å². The van der Waals surface area contributed by atoms with Gasteiger partial charge in [-0.1, -0.05) is 54.6 Å². The lowest BCUT2D eigenvalue weighted by Gasteiger charge is -2.06. The van der Waals surface area contributed by atoms with E-state index in [1.807, 2.05) is 30.5 Å². The molecule has 0 spiro atoms. The van der Waals surface area contributed by atoms with E-state index in [1.54, 1.807) is 0 Å². The summed E-state index contributed by atoms with van der Waals surface area (Å²) in [5, 5.41) is 2.33. The average molecular weight is 295 g/mol. The highest BCUT2D eigenvalue weighted by molar-refractivity contribution is 6.10. The van der Waals surface area contributed by atoms with Crippen LogP contribution >= 0.6 is 0 Å². The van der Waals surface area contributed by atoms with Crippen molar-refractivity contribution in [3.63, 3.8) is 0 Å². The third-order valence-electron chi connectivity index (χ3n) is 4.25. The number of nitrogens with zero attached hydrogens (tertiary/aromatic N) is 3. The van der Waals surface area contributed by atoms with Crippen molar-refractivity contribution >= 4 is 27.5 Å². The Morgan fingerprint density at radius 1 is 0.739 bits per heavy atom. The fraction of sp³-hybridized carbons (Fsp3) is 0. The van der Waals surface area contributed by atoms with Crippen LogP contribution in [-0.4, -0.2) is 14.4 Å². The molecule has 0 aliphatic heterocycles. The highest BCUT2D eigenvalue weighted by Crippen LogP contribution is 2.29. The Bertz CT molecular complexity index is 1080. The zero-order valence-corrected chi connectivity index (χ0v) is 12.3. The fourth-order valence-electron chi connectivity index (χ4n) is 3.19. The van der Waals surface area contributed by atoms with Crippen molar-refractivity contribution in [2.75, 3.05) is 0 Å². The van der Waals surface area contributed by atoms with E-state index in [4.69, 9.17) is 4.98 Å². The Balaban J connectivity index is 1.99. The van der Waals surface area contributed by atoms with Crippen LogP contribution in [0.15, 0.2) is 79.1 Å². The first kappa shape index (κ1) is 12.4. The van der Waals surface area contributed by atoms with Gasteiger partial charge in [-0.3, -0.25) is 9.38 Å². The predicted octanol–water partition coefficient (Wildman–Crippen LogP) is 4.70. The molecule has 0 atom stereocenters. The Morgan fingerprint density at radius 3 is 2.43 bits per heavy atom. The monoisotopic (exact) mass is 295 g/mol. The van der Waals surface area contributed by atoms with Gasteiger partial charge in [0.05, 0.1) is 11.2 Å². The van der Waals surface area contributed by atoms with E-state index in [0.29, 0.717) is 0 Å². The molecule has 0 saturated carbocycles. The van der Waals surface area contributed by atoms with Gasteiger partial charge < -0.3 is 0 Å². The number of fused-ring (bicyclic) bond motifs is 6. The smallest absolute Gasteiger partial charge is 0.164 e. The van der Waals surface area contributed by atoms with Gasteiger partial charge in [-0.25, -0.2) is 4.98 Å². The number of rotatable bonds is 1. The first-order valence-electron chi connectivity index (χ1n) is 7.62. The molecule has 0 aliphatic carbocycles. The Morgan fingerprint density at radius 2 is 1.52 bits per heavy atom. The summed E-state index contributed by atoms with van der Waals surface area (Å²) in [4.78, 5) is 9.44. The largest absolute Gasteiger partial charge is 0.297 e. The molecule has 3 aromatic heterocycles. The second-order valence-electron chi connectivity index (χ2n) is 5.60. The molecule has 3 heterocycles. The van der Waals surface area contributed by atoms with Crippen molar-refractivity contribution in [3.05, 3.63) is 79.1 Å². The minimum atomic E-state index is 0.901. The summed E-state index contributed by atoms with van der Waals surface area (Å²) in [6.45, 7) is 0. The first-order chi connectivity index (χ1) is 11.4. The van der Waals surface area contributed by atoms with E-state index in [9.17, 15) is 0 Å². The van der Waals surface area contributed by atoms with Crippen LogP contribution in [0.5, 0.6) is 0 Å². The normalized spacial score (nSPS) is 11.5. The minimum absolute atomic E-state index is 0.901. The quantitative estimate of drug-likeness (QED) is 0.419. The van der Waals surface area contributed by atoms with Gasteiger partial charge in [-0.15, -0.1) is 0 Å². The van der Waals surface area contributed by atoms with Crippen molar-refractivity contribution in [2.45, 2.75) is 0 Å². The molecule has 0 saturated heterocycles. The van der Waals surface area contributed by atoms with Crippen molar-refractivity contribution < 1.29 is 0 Å². The molecule has 108 valence electrons. The Kier molecular flexibility index (Phi) is 2.50. The molecule has 23 heavy (non-hydrogen) atoms. The number of imidazole rings is 1. The molecule has 0 fully saturated rings. The number of hydrogen-bond donors (Lipinski definition) is 0. The second kappa shape index (κ2) is 4.65. The molecule has 0 N–H and O–H groups in total. The van der Waals surface area contributed by atoms with Crippen LogP contribution in [0.2, 0.25) is 0 Å². The van der Waals surface area contributed by atoms with Crippen LogP contribution in [0.25, 0.3) is 38.7 Å². The maximum absolute atomic E-state index is 4.86. The van der Waals surface area contributed by atoms with Crippen molar-refractivity contribution in [2.24, 2.45) is 0 Å². The van der Waals surface area contributed by atoms with Gasteiger partial charge in [0, 0.05) is 28.7 Å². The standard InChI is InChI=1S/C20H13N3/c1-2-7-14(8-3-1)17-13-23-18-11-5-4-9-15(18)16-10-6-12-21-19(16)20(23)22-17/h1-13H. The van der Waals surface area contributed by atoms with E-state index in [-0.39, 0.29) is 0 Å². The molecule has 0 unspecified atom stereocenters. The lowest BCUT2D eigenvalue weighted by Crippen LogP contribution is -1.91. The highest BCUT2D eigenvalue weighted by atomic mass is 15.0. The molecule has 2 aromatic carbocycles. The van der Waals surface area contributed by atoms with Gasteiger partial charge in [0.25, 0.3) is 0 Å². The van der Waals surface area contributed by atoms with E-state index in [0.717, 1.165) is 33.3 Å². The van der Waals surface area contributed by atoms with Crippen molar-refractivity contribution in [3.8, 4) is 11.3 Å². The summed E-state index contributed by atoms with van der Waals surface area (Å²) in [5.74, 6) is 0. The fourth-order valence-corrected chi connectivity index (χ4v) is 3.19.